The van der Waals surface area contributed by atoms with Gasteiger partial charge in [0.25, 0.3) is 0 Å². The number of aromatic hydroxyl groups is 2. The summed E-state index contributed by atoms with van der Waals surface area (Å²) in [5.74, 6) is 0.309. The summed E-state index contributed by atoms with van der Waals surface area (Å²) in [5, 5.41) is 19.7. The summed E-state index contributed by atoms with van der Waals surface area (Å²) in [5.41, 5.74) is 1.03. The second-order valence-corrected chi connectivity index (χ2v) is 5.99. The molecule has 1 spiro atoms. The molecule has 0 saturated carbocycles. The Kier molecular flexibility index (Phi) is 2.53. The molecule has 5 rings (SSSR count). The highest BCUT2D eigenvalue weighted by Gasteiger charge is 2.53. The van der Waals surface area contributed by atoms with E-state index in [-0.39, 0.29) is 11.5 Å². The van der Waals surface area contributed by atoms with Gasteiger partial charge in [0.05, 0.1) is 5.56 Å². The van der Waals surface area contributed by atoms with Crippen LogP contribution in [-0.4, -0.2) is 16.2 Å². The molecule has 2 N–H and O–H groups in total. The molecule has 5 heteroatoms. The molecule has 0 saturated heterocycles. The first-order valence-corrected chi connectivity index (χ1v) is 7.69. The van der Waals surface area contributed by atoms with Crippen LogP contribution >= 0.6 is 0 Å². The standard InChI is InChI=1S/C20H11O5/c21-11-5-7-15-17(9-11)24-18-10-12(22)6-8-16(18)20(15)14-4-2-1-3-13(14)19(23)25-20/h1-2,4-10,21-22H. The number of carbonyl (C=O) groups is 1. The van der Waals surface area contributed by atoms with Crippen molar-refractivity contribution >= 4 is 5.97 Å². The van der Waals surface area contributed by atoms with Crippen LogP contribution < -0.4 is 4.74 Å². The van der Waals surface area contributed by atoms with Gasteiger partial charge in [-0.2, -0.15) is 0 Å². The Bertz CT molecular complexity index is 1000. The van der Waals surface area contributed by atoms with E-state index in [2.05, 4.69) is 6.07 Å². The van der Waals surface area contributed by atoms with Crippen LogP contribution in [0.3, 0.4) is 0 Å². The molecule has 0 aliphatic carbocycles. The summed E-state index contributed by atoms with van der Waals surface area (Å²) >= 11 is 0. The number of hydrogen-bond donors (Lipinski definition) is 2. The van der Waals surface area contributed by atoms with E-state index in [4.69, 9.17) is 9.47 Å². The van der Waals surface area contributed by atoms with Crippen molar-refractivity contribution < 1.29 is 24.5 Å². The number of fused-ring (bicyclic) bond motifs is 6. The van der Waals surface area contributed by atoms with Crippen molar-refractivity contribution in [3.05, 3.63) is 82.9 Å². The average Bonchev–Trinajstić information content (AvgIpc) is 2.88. The number of benzene rings is 3. The average molecular weight is 331 g/mol. The first-order chi connectivity index (χ1) is 12.1. The number of carbonyl (C=O) groups excluding carboxylic acids is 1. The fourth-order valence-electron chi connectivity index (χ4n) is 3.58. The van der Waals surface area contributed by atoms with Gasteiger partial charge < -0.3 is 19.7 Å². The van der Waals surface area contributed by atoms with E-state index < -0.39 is 11.6 Å². The molecule has 25 heavy (non-hydrogen) atoms. The van der Waals surface area contributed by atoms with Crippen molar-refractivity contribution in [1.29, 1.82) is 0 Å². The van der Waals surface area contributed by atoms with E-state index in [9.17, 15) is 15.0 Å². The van der Waals surface area contributed by atoms with Gasteiger partial charge in [0, 0.05) is 28.8 Å². The van der Waals surface area contributed by atoms with Crippen molar-refractivity contribution in [1.82, 2.24) is 0 Å². The third-order valence-corrected chi connectivity index (χ3v) is 4.59. The summed E-state index contributed by atoms with van der Waals surface area (Å²) in [6.45, 7) is 0. The number of rotatable bonds is 0. The Morgan fingerprint density at radius 1 is 0.880 bits per heavy atom. The maximum atomic E-state index is 12.5. The van der Waals surface area contributed by atoms with Crippen molar-refractivity contribution in [3.63, 3.8) is 0 Å². The zero-order valence-corrected chi connectivity index (χ0v) is 12.8. The van der Waals surface area contributed by atoms with E-state index in [0.29, 0.717) is 33.8 Å². The van der Waals surface area contributed by atoms with Gasteiger partial charge in [-0.15, -0.1) is 0 Å². The Morgan fingerprint density at radius 2 is 1.52 bits per heavy atom. The topological polar surface area (TPSA) is 76.0 Å². The van der Waals surface area contributed by atoms with Gasteiger partial charge in [0.2, 0.25) is 0 Å². The van der Waals surface area contributed by atoms with Gasteiger partial charge >= 0.3 is 5.97 Å². The summed E-state index contributed by atoms with van der Waals surface area (Å²) in [6, 6.07) is 17.5. The van der Waals surface area contributed by atoms with E-state index in [1.807, 2.05) is 6.07 Å². The molecule has 2 aliphatic heterocycles. The Morgan fingerprint density at radius 3 is 2.16 bits per heavy atom. The minimum Gasteiger partial charge on any atom is -0.508 e. The lowest BCUT2D eigenvalue weighted by molar-refractivity contribution is 0.0224. The van der Waals surface area contributed by atoms with Crippen molar-refractivity contribution in [3.8, 4) is 23.0 Å². The van der Waals surface area contributed by atoms with Gasteiger partial charge in [0.1, 0.15) is 23.0 Å². The molecule has 2 aliphatic rings. The predicted octanol–water partition coefficient (Wildman–Crippen LogP) is 3.47. The number of esters is 1. The summed E-state index contributed by atoms with van der Waals surface area (Å²) < 4.78 is 11.7. The molecule has 0 unspecified atom stereocenters. The van der Waals surface area contributed by atoms with Crippen LogP contribution in [0.15, 0.2) is 54.6 Å². The number of hydrogen-bond acceptors (Lipinski definition) is 5. The lowest BCUT2D eigenvalue weighted by atomic mass is 9.77. The van der Waals surface area contributed by atoms with Crippen molar-refractivity contribution in [2.45, 2.75) is 5.60 Å². The van der Waals surface area contributed by atoms with Crippen LogP contribution in [0.5, 0.6) is 23.0 Å². The van der Waals surface area contributed by atoms with E-state index in [1.165, 1.54) is 24.3 Å². The first-order valence-electron chi connectivity index (χ1n) is 7.69. The molecule has 0 aromatic heterocycles. The minimum atomic E-state index is -1.20. The third kappa shape index (κ3) is 1.69. The highest BCUT2D eigenvalue weighted by molar-refractivity contribution is 5.96. The van der Waals surface area contributed by atoms with Crippen LogP contribution in [0, 0.1) is 6.07 Å². The number of ether oxygens (including phenoxy) is 2. The predicted molar refractivity (Wildman–Crippen MR) is 86.9 cm³/mol. The molecular weight excluding hydrogens is 320 g/mol. The molecule has 3 aromatic carbocycles. The van der Waals surface area contributed by atoms with Crippen LogP contribution in [0.4, 0.5) is 0 Å². The van der Waals surface area contributed by atoms with E-state index >= 15 is 0 Å². The zero-order chi connectivity index (χ0) is 17.2. The maximum Gasteiger partial charge on any atom is 0.340 e. The molecule has 121 valence electrons. The lowest BCUT2D eigenvalue weighted by Crippen LogP contribution is -2.32. The van der Waals surface area contributed by atoms with Crippen LogP contribution in [0.25, 0.3) is 0 Å². The first kappa shape index (κ1) is 13.9. The van der Waals surface area contributed by atoms with Crippen LogP contribution in [-0.2, 0) is 10.3 Å². The van der Waals surface area contributed by atoms with Crippen LogP contribution in [0.2, 0.25) is 0 Å². The monoisotopic (exact) mass is 331 g/mol. The Balaban J connectivity index is 1.91. The number of phenols is 2. The molecule has 1 radical (unpaired) electrons. The SMILES string of the molecule is O=C1OC2(c3ccc[c]c31)c1ccc(O)cc1Oc1cc(O)ccc12. The fraction of sp³-hybridized carbons (Fsp3) is 0.0500. The Labute approximate surface area is 142 Å². The van der Waals surface area contributed by atoms with Gasteiger partial charge in [-0.05, 0) is 30.3 Å². The molecular formula is C20H11O5. The summed E-state index contributed by atoms with van der Waals surface area (Å²) in [6.07, 6.45) is 0. The molecule has 0 bridgehead atoms. The van der Waals surface area contributed by atoms with Gasteiger partial charge in [-0.3, -0.25) is 0 Å². The van der Waals surface area contributed by atoms with E-state index in [0.717, 1.165) is 0 Å². The third-order valence-electron chi connectivity index (χ3n) is 4.59. The van der Waals surface area contributed by atoms with Crippen molar-refractivity contribution in [2.24, 2.45) is 0 Å². The molecule has 0 amide bonds. The van der Waals surface area contributed by atoms with Crippen molar-refractivity contribution in [2.75, 3.05) is 0 Å². The minimum absolute atomic E-state index is 0.0293. The second-order valence-electron chi connectivity index (χ2n) is 5.99. The van der Waals surface area contributed by atoms with Gasteiger partial charge in [-0.1, -0.05) is 18.2 Å². The zero-order valence-electron chi connectivity index (χ0n) is 12.8. The largest absolute Gasteiger partial charge is 0.508 e. The smallest absolute Gasteiger partial charge is 0.340 e. The molecule has 0 fully saturated rings. The molecule has 5 nitrogen and oxygen atoms in total. The molecule has 2 heterocycles. The molecule has 3 aromatic rings. The quantitative estimate of drug-likeness (QED) is 0.617. The summed E-state index contributed by atoms with van der Waals surface area (Å²) in [4.78, 5) is 12.5. The van der Waals surface area contributed by atoms with E-state index in [1.54, 1.807) is 24.3 Å². The molecule has 0 atom stereocenters. The normalized spacial score (nSPS) is 15.8. The lowest BCUT2D eigenvalue weighted by Gasteiger charge is -2.36. The summed E-state index contributed by atoms with van der Waals surface area (Å²) in [7, 11) is 0. The highest BCUT2D eigenvalue weighted by Crippen LogP contribution is 2.56. The van der Waals surface area contributed by atoms with Crippen LogP contribution in [0.1, 0.15) is 27.0 Å². The highest BCUT2D eigenvalue weighted by atomic mass is 16.6. The maximum absolute atomic E-state index is 12.5. The number of phenolic OH excluding ortho intramolecular Hbond substituents is 2. The van der Waals surface area contributed by atoms with Gasteiger partial charge in [-0.25, -0.2) is 4.79 Å². The second kappa shape index (κ2) is 4.54. The Hall–Kier alpha value is -3.47. The van der Waals surface area contributed by atoms with Gasteiger partial charge in [0.15, 0.2) is 5.60 Å². The fourth-order valence-corrected chi connectivity index (χ4v) is 3.58.